The molecule has 2 aromatic rings. The fourth-order valence-electron chi connectivity index (χ4n) is 4.12. The fraction of sp³-hybridized carbons (Fsp3) is 0.222. The molecule has 0 aromatic heterocycles. The summed E-state index contributed by atoms with van der Waals surface area (Å²) in [6.07, 6.45) is 0.658. The van der Waals surface area contributed by atoms with Crippen LogP contribution in [0.1, 0.15) is 30.6 Å². The normalized spacial score (nSPS) is 11.5. The molecule has 2 aliphatic rings. The van der Waals surface area contributed by atoms with Crippen molar-refractivity contribution < 1.29 is 24.2 Å². The van der Waals surface area contributed by atoms with Gasteiger partial charge < -0.3 is 35.7 Å². The Labute approximate surface area is 218 Å². The van der Waals surface area contributed by atoms with Crippen molar-refractivity contribution in [3.8, 4) is 28.2 Å². The van der Waals surface area contributed by atoms with Crippen LogP contribution in [-0.4, -0.2) is 40.2 Å². The number of carboxylic acid groups (broad SMARTS) is 1. The van der Waals surface area contributed by atoms with Gasteiger partial charge in [-0.1, -0.05) is 6.07 Å². The van der Waals surface area contributed by atoms with E-state index in [1.165, 1.54) is 30.3 Å². The number of fused-ring (bicyclic) bond motifs is 2. The van der Waals surface area contributed by atoms with Gasteiger partial charge in [0.2, 0.25) is 0 Å². The summed E-state index contributed by atoms with van der Waals surface area (Å²) in [7, 11) is 0. The van der Waals surface area contributed by atoms with E-state index in [2.05, 4.69) is 10.6 Å². The van der Waals surface area contributed by atoms with Gasteiger partial charge >= 0.3 is 5.97 Å². The molecule has 2 aromatic carbocycles. The second-order valence-electron chi connectivity index (χ2n) is 9.08. The van der Waals surface area contributed by atoms with Gasteiger partial charge in [0, 0.05) is 40.9 Å². The second-order valence-corrected chi connectivity index (χ2v) is 9.49. The van der Waals surface area contributed by atoms with Crippen molar-refractivity contribution in [2.45, 2.75) is 25.9 Å². The Balaban J connectivity index is 1.70. The third-order valence-corrected chi connectivity index (χ3v) is 6.19. The van der Waals surface area contributed by atoms with Gasteiger partial charge in [-0.2, -0.15) is 0 Å². The van der Waals surface area contributed by atoms with Crippen LogP contribution in [0.5, 0.6) is 5.75 Å². The minimum Gasteiger partial charge on any atom is -0.508 e. The Bertz CT molecular complexity index is 1510. The van der Waals surface area contributed by atoms with Crippen LogP contribution in [-0.2, 0) is 4.74 Å². The summed E-state index contributed by atoms with van der Waals surface area (Å²) in [5.74, 6) is -0.873. The van der Waals surface area contributed by atoms with Crippen molar-refractivity contribution in [1.29, 1.82) is 0 Å². The SMILES string of the molecule is CC(C)(CCNC(=S)Nc1ccc(-c2c3ccc(=O)cc-3oc3cc(O)ccc23)c(C(=O)O)c1)OCN. The molecule has 6 N–H and O–H groups in total. The van der Waals surface area contributed by atoms with E-state index in [9.17, 15) is 19.8 Å². The van der Waals surface area contributed by atoms with Crippen LogP contribution in [0.25, 0.3) is 33.4 Å². The molecule has 1 aliphatic carbocycles. The number of carboxylic acids is 1. The zero-order chi connectivity index (χ0) is 26.7. The van der Waals surface area contributed by atoms with E-state index in [-0.39, 0.29) is 29.2 Å². The quantitative estimate of drug-likeness (QED) is 0.129. The Morgan fingerprint density at radius 3 is 2.59 bits per heavy atom. The summed E-state index contributed by atoms with van der Waals surface area (Å²) in [6.45, 7) is 4.51. The van der Waals surface area contributed by atoms with Gasteiger partial charge in [0.05, 0.1) is 17.9 Å². The van der Waals surface area contributed by atoms with E-state index in [0.717, 1.165) is 0 Å². The first-order valence-electron chi connectivity index (χ1n) is 11.5. The molecule has 0 saturated carbocycles. The predicted octanol–water partition coefficient (Wildman–Crippen LogP) is 4.36. The van der Waals surface area contributed by atoms with Crippen LogP contribution in [0.4, 0.5) is 5.69 Å². The molecule has 0 saturated heterocycles. The number of benzene rings is 3. The number of carbonyl (C=O) groups is 1. The molecular formula is C27H27N3O6S. The number of nitrogens with two attached hydrogens (primary N) is 1. The van der Waals surface area contributed by atoms with Gasteiger partial charge in [-0.25, -0.2) is 4.79 Å². The van der Waals surface area contributed by atoms with Crippen LogP contribution in [0.15, 0.2) is 63.8 Å². The first kappa shape index (κ1) is 26.1. The maximum atomic E-state index is 12.3. The van der Waals surface area contributed by atoms with Gasteiger partial charge in [0.1, 0.15) is 17.1 Å². The number of rotatable bonds is 8. The van der Waals surface area contributed by atoms with Crippen molar-refractivity contribution >= 4 is 40.0 Å². The number of hydrogen-bond donors (Lipinski definition) is 5. The van der Waals surface area contributed by atoms with Gasteiger partial charge in [-0.15, -0.1) is 0 Å². The lowest BCUT2D eigenvalue weighted by molar-refractivity contribution is -0.0187. The van der Waals surface area contributed by atoms with Crippen molar-refractivity contribution in [1.82, 2.24) is 5.32 Å². The van der Waals surface area contributed by atoms with E-state index in [4.69, 9.17) is 27.1 Å². The summed E-state index contributed by atoms with van der Waals surface area (Å²) in [5.41, 5.74) is 7.20. The highest BCUT2D eigenvalue weighted by Crippen LogP contribution is 2.42. The van der Waals surface area contributed by atoms with Crippen LogP contribution in [0, 0.1) is 0 Å². The largest absolute Gasteiger partial charge is 0.508 e. The molecule has 9 nitrogen and oxygen atoms in total. The number of ether oxygens (including phenoxy) is 1. The zero-order valence-corrected chi connectivity index (χ0v) is 21.1. The molecule has 37 heavy (non-hydrogen) atoms. The van der Waals surface area contributed by atoms with Crippen molar-refractivity contribution in [2.75, 3.05) is 18.6 Å². The van der Waals surface area contributed by atoms with Crippen LogP contribution >= 0.6 is 12.2 Å². The number of nitrogens with one attached hydrogen (secondary N) is 2. The highest BCUT2D eigenvalue weighted by Gasteiger charge is 2.22. The predicted molar refractivity (Wildman–Crippen MR) is 146 cm³/mol. The summed E-state index contributed by atoms with van der Waals surface area (Å²) < 4.78 is 11.3. The zero-order valence-electron chi connectivity index (χ0n) is 20.3. The number of aromatic hydroxyl groups is 1. The molecule has 0 bridgehead atoms. The topological polar surface area (TPSA) is 147 Å². The van der Waals surface area contributed by atoms with Gasteiger partial charge in [0.25, 0.3) is 0 Å². The molecule has 1 heterocycles. The number of phenols is 1. The third kappa shape index (κ3) is 5.88. The Kier molecular flexibility index (Phi) is 7.44. The van der Waals surface area contributed by atoms with E-state index < -0.39 is 11.6 Å². The highest BCUT2D eigenvalue weighted by atomic mass is 32.1. The number of thiocarbonyl (C=S) groups is 1. The average molecular weight is 522 g/mol. The third-order valence-electron chi connectivity index (χ3n) is 5.94. The Morgan fingerprint density at radius 1 is 1.11 bits per heavy atom. The fourth-order valence-corrected chi connectivity index (χ4v) is 4.34. The summed E-state index contributed by atoms with van der Waals surface area (Å²) in [4.78, 5) is 24.3. The lowest BCUT2D eigenvalue weighted by Gasteiger charge is -2.24. The van der Waals surface area contributed by atoms with Crippen molar-refractivity contribution in [3.63, 3.8) is 0 Å². The smallest absolute Gasteiger partial charge is 0.336 e. The minimum atomic E-state index is -1.14. The summed E-state index contributed by atoms with van der Waals surface area (Å²) >= 11 is 5.37. The van der Waals surface area contributed by atoms with Crippen molar-refractivity contribution in [2.24, 2.45) is 5.73 Å². The van der Waals surface area contributed by atoms with E-state index >= 15 is 0 Å². The molecule has 10 heteroatoms. The molecule has 0 amide bonds. The van der Waals surface area contributed by atoms with Crippen LogP contribution in [0.2, 0.25) is 0 Å². The van der Waals surface area contributed by atoms with Crippen LogP contribution in [0.3, 0.4) is 0 Å². The highest BCUT2D eigenvalue weighted by molar-refractivity contribution is 7.80. The Morgan fingerprint density at radius 2 is 1.86 bits per heavy atom. The Hall–Kier alpha value is -3.99. The second kappa shape index (κ2) is 10.6. The molecular weight excluding hydrogens is 494 g/mol. The summed E-state index contributed by atoms with van der Waals surface area (Å²) in [5, 5.41) is 27.1. The first-order valence-corrected chi connectivity index (χ1v) is 11.9. The molecule has 1 aliphatic heterocycles. The van der Waals surface area contributed by atoms with Crippen LogP contribution < -0.4 is 21.8 Å². The molecule has 0 fully saturated rings. The molecule has 0 atom stereocenters. The lowest BCUT2D eigenvalue weighted by atomic mass is 9.90. The number of aromatic carboxylic acids is 1. The lowest BCUT2D eigenvalue weighted by Crippen LogP contribution is -2.35. The maximum absolute atomic E-state index is 12.3. The first-order chi connectivity index (χ1) is 17.6. The van der Waals surface area contributed by atoms with Gasteiger partial charge in [-0.3, -0.25) is 4.79 Å². The van der Waals surface area contributed by atoms with Crippen molar-refractivity contribution in [3.05, 3.63) is 70.4 Å². The number of hydrogen-bond acceptors (Lipinski definition) is 7. The van der Waals surface area contributed by atoms with Gasteiger partial charge in [0.15, 0.2) is 10.5 Å². The van der Waals surface area contributed by atoms with E-state index in [1.807, 2.05) is 13.8 Å². The summed E-state index contributed by atoms with van der Waals surface area (Å²) in [6, 6.07) is 13.8. The molecule has 0 spiro atoms. The molecule has 192 valence electrons. The van der Waals surface area contributed by atoms with E-state index in [1.54, 1.807) is 24.3 Å². The molecule has 0 unspecified atom stereocenters. The average Bonchev–Trinajstić information content (AvgIpc) is 2.82. The van der Waals surface area contributed by atoms with Gasteiger partial charge in [-0.05, 0) is 74.4 Å². The molecule has 0 radical (unpaired) electrons. The number of phenolic OH excluding ortho intramolecular Hbond substituents is 1. The number of anilines is 1. The monoisotopic (exact) mass is 521 g/mol. The molecule has 4 rings (SSSR count). The minimum absolute atomic E-state index is 0.0168. The van der Waals surface area contributed by atoms with E-state index in [0.29, 0.717) is 51.4 Å². The standard InChI is InChI=1S/C27H27N3O6S/c1-27(2,35-14-28)9-10-29-26(37)30-15-3-6-18(21(11-15)25(33)34)24-19-7-4-16(31)12-22(19)36-23-13-17(32)5-8-20(23)24/h3-8,11-13,31H,9-10,14,28H2,1-2H3,(H,33,34)(H2,29,30,37). The maximum Gasteiger partial charge on any atom is 0.336 e.